The SMILES string of the molecule is CCc1ccc(CNc2ccc(OC)c(OC)c2)o1. The monoisotopic (exact) mass is 261 g/mol. The molecule has 0 fully saturated rings. The molecule has 0 atom stereocenters. The van der Waals surface area contributed by atoms with Gasteiger partial charge in [-0.2, -0.15) is 0 Å². The van der Waals surface area contributed by atoms with Gasteiger partial charge in [0.05, 0.1) is 20.8 Å². The van der Waals surface area contributed by atoms with E-state index in [2.05, 4.69) is 12.2 Å². The lowest BCUT2D eigenvalue weighted by Crippen LogP contribution is -1.99. The van der Waals surface area contributed by atoms with Crippen LogP contribution < -0.4 is 14.8 Å². The Bertz CT molecular complexity index is 534. The Balaban J connectivity index is 2.03. The van der Waals surface area contributed by atoms with Gasteiger partial charge >= 0.3 is 0 Å². The van der Waals surface area contributed by atoms with Crippen molar-refractivity contribution in [3.63, 3.8) is 0 Å². The summed E-state index contributed by atoms with van der Waals surface area (Å²) >= 11 is 0. The van der Waals surface area contributed by atoms with Crippen LogP contribution in [0.2, 0.25) is 0 Å². The number of hydrogen-bond donors (Lipinski definition) is 1. The highest BCUT2D eigenvalue weighted by Gasteiger charge is 2.05. The second-order valence-electron chi connectivity index (χ2n) is 4.14. The van der Waals surface area contributed by atoms with Gasteiger partial charge in [-0.1, -0.05) is 6.92 Å². The van der Waals surface area contributed by atoms with Crippen molar-refractivity contribution < 1.29 is 13.9 Å². The zero-order valence-electron chi connectivity index (χ0n) is 11.5. The molecule has 0 spiro atoms. The molecule has 19 heavy (non-hydrogen) atoms. The van der Waals surface area contributed by atoms with Gasteiger partial charge in [0.1, 0.15) is 11.5 Å². The number of aryl methyl sites for hydroxylation is 1. The summed E-state index contributed by atoms with van der Waals surface area (Å²) in [6, 6.07) is 9.73. The second kappa shape index (κ2) is 6.18. The third kappa shape index (κ3) is 3.22. The van der Waals surface area contributed by atoms with E-state index in [9.17, 15) is 0 Å². The van der Waals surface area contributed by atoms with Gasteiger partial charge < -0.3 is 19.2 Å². The van der Waals surface area contributed by atoms with Gasteiger partial charge in [0, 0.05) is 18.2 Å². The molecule has 0 amide bonds. The van der Waals surface area contributed by atoms with Gasteiger partial charge in [-0.3, -0.25) is 0 Å². The molecule has 0 aliphatic carbocycles. The second-order valence-corrected chi connectivity index (χ2v) is 4.14. The van der Waals surface area contributed by atoms with Crippen molar-refractivity contribution in [2.75, 3.05) is 19.5 Å². The van der Waals surface area contributed by atoms with Crippen LogP contribution >= 0.6 is 0 Å². The van der Waals surface area contributed by atoms with E-state index in [-0.39, 0.29) is 0 Å². The van der Waals surface area contributed by atoms with Gasteiger partial charge in [0.2, 0.25) is 0 Å². The summed E-state index contributed by atoms with van der Waals surface area (Å²) in [4.78, 5) is 0. The lowest BCUT2D eigenvalue weighted by molar-refractivity contribution is 0.355. The average molecular weight is 261 g/mol. The number of furan rings is 1. The fourth-order valence-electron chi connectivity index (χ4n) is 1.84. The Morgan fingerprint density at radius 2 is 1.74 bits per heavy atom. The molecule has 0 saturated heterocycles. The molecule has 1 N–H and O–H groups in total. The fourth-order valence-corrected chi connectivity index (χ4v) is 1.84. The normalized spacial score (nSPS) is 10.3. The molecule has 102 valence electrons. The van der Waals surface area contributed by atoms with Gasteiger partial charge in [-0.25, -0.2) is 0 Å². The van der Waals surface area contributed by atoms with Crippen molar-refractivity contribution in [1.29, 1.82) is 0 Å². The highest BCUT2D eigenvalue weighted by Crippen LogP contribution is 2.29. The van der Waals surface area contributed by atoms with Crippen LogP contribution in [-0.2, 0) is 13.0 Å². The Hall–Kier alpha value is -2.10. The third-order valence-corrected chi connectivity index (χ3v) is 2.92. The molecule has 1 aromatic carbocycles. The molecule has 2 aromatic rings. The number of ether oxygens (including phenoxy) is 2. The number of benzene rings is 1. The van der Waals surface area contributed by atoms with Crippen LogP contribution in [0.4, 0.5) is 5.69 Å². The topological polar surface area (TPSA) is 43.6 Å². The van der Waals surface area contributed by atoms with E-state index in [0.29, 0.717) is 12.3 Å². The van der Waals surface area contributed by atoms with Crippen molar-refractivity contribution in [2.45, 2.75) is 19.9 Å². The molecule has 0 saturated carbocycles. The van der Waals surface area contributed by atoms with E-state index >= 15 is 0 Å². The smallest absolute Gasteiger partial charge is 0.162 e. The predicted molar refractivity (Wildman–Crippen MR) is 75.0 cm³/mol. The first-order valence-electron chi connectivity index (χ1n) is 6.30. The van der Waals surface area contributed by atoms with E-state index in [1.54, 1.807) is 14.2 Å². The number of hydrogen-bond acceptors (Lipinski definition) is 4. The maximum Gasteiger partial charge on any atom is 0.162 e. The molecule has 0 bridgehead atoms. The van der Waals surface area contributed by atoms with Crippen LogP contribution in [0.25, 0.3) is 0 Å². The third-order valence-electron chi connectivity index (χ3n) is 2.92. The van der Waals surface area contributed by atoms with E-state index in [1.807, 2.05) is 30.3 Å². The van der Waals surface area contributed by atoms with Crippen molar-refractivity contribution in [2.24, 2.45) is 0 Å². The lowest BCUT2D eigenvalue weighted by atomic mass is 10.2. The highest BCUT2D eigenvalue weighted by atomic mass is 16.5. The quantitative estimate of drug-likeness (QED) is 0.864. The van der Waals surface area contributed by atoms with Crippen molar-refractivity contribution >= 4 is 5.69 Å². The first-order chi connectivity index (χ1) is 9.26. The Kier molecular flexibility index (Phi) is 4.34. The summed E-state index contributed by atoms with van der Waals surface area (Å²) < 4.78 is 16.1. The molecule has 0 aliphatic heterocycles. The van der Waals surface area contributed by atoms with Crippen molar-refractivity contribution in [3.05, 3.63) is 41.9 Å². The molecule has 4 nitrogen and oxygen atoms in total. The Morgan fingerprint density at radius 3 is 2.37 bits per heavy atom. The first-order valence-corrected chi connectivity index (χ1v) is 6.30. The molecule has 0 aliphatic rings. The standard InChI is InChI=1S/C15H19NO3/c1-4-12-6-7-13(19-12)10-16-11-5-8-14(17-2)15(9-11)18-3/h5-9,16H,4,10H2,1-3H3. The molecule has 0 unspecified atom stereocenters. The van der Waals surface area contributed by atoms with Gasteiger partial charge in [-0.15, -0.1) is 0 Å². The van der Waals surface area contributed by atoms with Crippen LogP contribution in [-0.4, -0.2) is 14.2 Å². The molecule has 2 rings (SSSR count). The average Bonchev–Trinajstić information content (AvgIpc) is 2.92. The van der Waals surface area contributed by atoms with Gasteiger partial charge in [-0.05, 0) is 24.3 Å². The summed E-state index contributed by atoms with van der Waals surface area (Å²) in [6.07, 6.45) is 0.913. The zero-order chi connectivity index (χ0) is 13.7. The maximum atomic E-state index is 5.64. The van der Waals surface area contributed by atoms with Crippen LogP contribution in [0.3, 0.4) is 0 Å². The van der Waals surface area contributed by atoms with E-state index in [1.165, 1.54) is 0 Å². The first kappa shape index (κ1) is 13.3. The van der Waals surface area contributed by atoms with Crippen molar-refractivity contribution in [3.8, 4) is 11.5 Å². The van der Waals surface area contributed by atoms with Crippen LogP contribution in [0.1, 0.15) is 18.4 Å². The zero-order valence-corrected chi connectivity index (χ0v) is 11.5. The van der Waals surface area contributed by atoms with Crippen LogP contribution in [0.15, 0.2) is 34.7 Å². The van der Waals surface area contributed by atoms with Crippen molar-refractivity contribution in [1.82, 2.24) is 0 Å². The molecular weight excluding hydrogens is 242 g/mol. The van der Waals surface area contributed by atoms with E-state index in [0.717, 1.165) is 29.4 Å². The maximum absolute atomic E-state index is 5.64. The fraction of sp³-hybridized carbons (Fsp3) is 0.333. The van der Waals surface area contributed by atoms with Gasteiger partial charge in [0.15, 0.2) is 11.5 Å². The molecule has 0 radical (unpaired) electrons. The van der Waals surface area contributed by atoms with E-state index in [4.69, 9.17) is 13.9 Å². The minimum absolute atomic E-state index is 0.648. The summed E-state index contributed by atoms with van der Waals surface area (Å²) in [5.74, 6) is 3.36. The highest BCUT2D eigenvalue weighted by molar-refractivity contribution is 5.54. The molecule has 4 heteroatoms. The lowest BCUT2D eigenvalue weighted by Gasteiger charge is -2.10. The number of anilines is 1. The molecule has 1 heterocycles. The summed E-state index contributed by atoms with van der Waals surface area (Å²) in [6.45, 7) is 2.72. The number of methoxy groups -OCH3 is 2. The Labute approximate surface area is 113 Å². The number of rotatable bonds is 6. The summed E-state index contributed by atoms with van der Waals surface area (Å²) in [5.41, 5.74) is 0.965. The molecular formula is C15H19NO3. The minimum atomic E-state index is 0.648. The largest absolute Gasteiger partial charge is 0.493 e. The predicted octanol–water partition coefficient (Wildman–Crippen LogP) is 3.47. The van der Waals surface area contributed by atoms with Gasteiger partial charge in [0.25, 0.3) is 0 Å². The van der Waals surface area contributed by atoms with Crippen LogP contribution in [0.5, 0.6) is 11.5 Å². The summed E-state index contributed by atoms with van der Waals surface area (Å²) in [5, 5.41) is 3.30. The molecule has 1 aromatic heterocycles. The van der Waals surface area contributed by atoms with Crippen LogP contribution in [0, 0.1) is 0 Å². The summed E-state index contributed by atoms with van der Waals surface area (Å²) in [7, 11) is 3.25. The van der Waals surface area contributed by atoms with E-state index < -0.39 is 0 Å². The Morgan fingerprint density at radius 1 is 1.00 bits per heavy atom. The minimum Gasteiger partial charge on any atom is -0.493 e. The number of nitrogens with one attached hydrogen (secondary N) is 1.